The van der Waals surface area contributed by atoms with Crippen LogP contribution in [0.25, 0.3) is 0 Å². The summed E-state index contributed by atoms with van der Waals surface area (Å²) in [5.41, 5.74) is 1.96. The summed E-state index contributed by atoms with van der Waals surface area (Å²) in [6.07, 6.45) is 2.52. The Morgan fingerprint density at radius 3 is 2.63 bits per heavy atom. The first-order chi connectivity index (χ1) is 13.1. The summed E-state index contributed by atoms with van der Waals surface area (Å²) < 4.78 is 13.1. The molecule has 0 unspecified atom stereocenters. The highest BCUT2D eigenvalue weighted by atomic mass is 19.1. The number of hydrogen-bond acceptors (Lipinski definition) is 3. The Hall–Kier alpha value is -2.40. The zero-order chi connectivity index (χ0) is 18.8. The van der Waals surface area contributed by atoms with E-state index in [1.165, 1.54) is 12.1 Å². The maximum Gasteiger partial charge on any atom is 0.227 e. The molecular weight excluding hydrogens is 343 g/mol. The van der Waals surface area contributed by atoms with Gasteiger partial charge in [0.1, 0.15) is 11.6 Å². The van der Waals surface area contributed by atoms with Gasteiger partial charge in [-0.25, -0.2) is 4.39 Å². The summed E-state index contributed by atoms with van der Waals surface area (Å²) in [4.78, 5) is 17.4. The molecule has 4 nitrogen and oxygen atoms in total. The molecule has 2 aromatic carbocycles. The number of piperidine rings is 1. The largest absolute Gasteiger partial charge is 0.508 e. The Bertz CT molecular complexity index is 808. The van der Waals surface area contributed by atoms with Crippen LogP contribution in [0.5, 0.6) is 5.75 Å². The Morgan fingerprint density at radius 2 is 1.85 bits per heavy atom. The Labute approximate surface area is 159 Å². The van der Waals surface area contributed by atoms with Crippen molar-refractivity contribution in [3.8, 4) is 5.75 Å². The number of fused-ring (bicyclic) bond motifs is 4. The third-order valence-electron chi connectivity index (χ3n) is 5.69. The zero-order valence-corrected chi connectivity index (χ0v) is 15.4. The summed E-state index contributed by atoms with van der Waals surface area (Å²) in [7, 11) is 0. The molecule has 2 aromatic rings. The topological polar surface area (TPSA) is 43.8 Å². The summed E-state index contributed by atoms with van der Waals surface area (Å²) in [5, 5.41) is 9.62. The fourth-order valence-corrected chi connectivity index (χ4v) is 4.40. The molecular formula is C22H25FN2O2. The number of rotatable bonds is 4. The lowest BCUT2D eigenvalue weighted by atomic mass is 9.94. The van der Waals surface area contributed by atoms with Gasteiger partial charge in [0.15, 0.2) is 0 Å². The van der Waals surface area contributed by atoms with E-state index >= 15 is 0 Å². The van der Waals surface area contributed by atoms with Gasteiger partial charge in [0, 0.05) is 32.2 Å². The van der Waals surface area contributed by atoms with Crippen LogP contribution in [0.4, 0.5) is 4.39 Å². The predicted octanol–water partition coefficient (Wildman–Crippen LogP) is 3.20. The molecule has 0 saturated carbocycles. The third-order valence-corrected chi connectivity index (χ3v) is 5.69. The summed E-state index contributed by atoms with van der Waals surface area (Å²) >= 11 is 0. The molecule has 5 rings (SSSR count). The zero-order valence-electron chi connectivity index (χ0n) is 15.4. The average Bonchev–Trinajstić information content (AvgIpc) is 2.94. The minimum atomic E-state index is -0.210. The molecule has 3 aliphatic heterocycles. The smallest absolute Gasteiger partial charge is 0.227 e. The Kier molecular flexibility index (Phi) is 5.12. The van der Waals surface area contributed by atoms with Gasteiger partial charge in [-0.3, -0.25) is 9.69 Å². The second-order valence-electron chi connectivity index (χ2n) is 7.81. The Morgan fingerprint density at radius 1 is 1.04 bits per heavy atom. The minimum absolute atomic E-state index is 0.138. The van der Waals surface area contributed by atoms with Crippen molar-refractivity contribution in [3.63, 3.8) is 0 Å². The first kappa shape index (κ1) is 18.0. The highest BCUT2D eigenvalue weighted by Gasteiger charge is 2.36. The van der Waals surface area contributed by atoms with E-state index in [1.807, 2.05) is 23.1 Å². The van der Waals surface area contributed by atoms with Gasteiger partial charge in [0.25, 0.3) is 0 Å². The number of phenolic OH excluding ortho intramolecular Hbond substituents is 1. The highest BCUT2D eigenvalue weighted by molar-refractivity contribution is 5.79. The van der Waals surface area contributed by atoms with E-state index in [9.17, 15) is 14.3 Å². The molecule has 0 aliphatic carbocycles. The predicted molar refractivity (Wildman–Crippen MR) is 102 cm³/mol. The molecule has 3 heterocycles. The van der Waals surface area contributed by atoms with Gasteiger partial charge in [0.05, 0.1) is 6.42 Å². The molecule has 3 fully saturated rings. The summed E-state index contributed by atoms with van der Waals surface area (Å²) in [6.45, 7) is 3.44. The molecule has 3 saturated heterocycles. The molecule has 2 atom stereocenters. The van der Waals surface area contributed by atoms with Gasteiger partial charge < -0.3 is 10.0 Å². The lowest BCUT2D eigenvalue weighted by molar-refractivity contribution is -0.134. The van der Waals surface area contributed by atoms with E-state index in [0.717, 1.165) is 50.1 Å². The van der Waals surface area contributed by atoms with Gasteiger partial charge in [-0.1, -0.05) is 24.3 Å². The van der Waals surface area contributed by atoms with E-state index in [2.05, 4.69) is 4.90 Å². The maximum absolute atomic E-state index is 13.1. The number of nitrogens with zero attached hydrogens (tertiary/aromatic N) is 2. The van der Waals surface area contributed by atoms with Gasteiger partial charge >= 0.3 is 0 Å². The van der Waals surface area contributed by atoms with Crippen LogP contribution in [0.1, 0.15) is 24.0 Å². The first-order valence-electron chi connectivity index (χ1n) is 9.61. The number of carbonyl (C=O) groups is 1. The van der Waals surface area contributed by atoms with E-state index in [1.54, 1.807) is 18.2 Å². The van der Waals surface area contributed by atoms with Crippen LogP contribution in [0.2, 0.25) is 0 Å². The quantitative estimate of drug-likeness (QED) is 0.901. The van der Waals surface area contributed by atoms with Crippen LogP contribution in [0.3, 0.4) is 0 Å². The lowest BCUT2D eigenvalue weighted by Crippen LogP contribution is -2.47. The first-order valence-corrected chi connectivity index (χ1v) is 9.61. The normalized spacial score (nSPS) is 22.6. The monoisotopic (exact) mass is 368 g/mol. The Balaban J connectivity index is 1.43. The number of carbonyl (C=O) groups excluding carboxylic acids is 1. The molecule has 3 aliphatic rings. The van der Waals surface area contributed by atoms with Crippen molar-refractivity contribution in [1.82, 2.24) is 9.80 Å². The summed E-state index contributed by atoms with van der Waals surface area (Å²) in [6, 6.07) is 13.9. The molecule has 1 N–H and O–H groups in total. The van der Waals surface area contributed by atoms with Gasteiger partial charge in [-0.05, 0) is 54.2 Å². The van der Waals surface area contributed by atoms with Crippen molar-refractivity contribution in [2.75, 3.05) is 19.6 Å². The second kappa shape index (κ2) is 7.69. The number of hydrogen-bond donors (Lipinski definition) is 1. The van der Waals surface area contributed by atoms with Gasteiger partial charge in [0.2, 0.25) is 5.91 Å². The number of benzene rings is 2. The fraction of sp³-hybridized carbons (Fsp3) is 0.409. The highest BCUT2D eigenvalue weighted by Crippen LogP contribution is 2.29. The number of phenols is 1. The van der Waals surface area contributed by atoms with Gasteiger partial charge in [-0.2, -0.15) is 0 Å². The van der Waals surface area contributed by atoms with Crippen LogP contribution in [0, 0.1) is 11.7 Å². The molecule has 0 radical (unpaired) electrons. The molecule has 5 heteroatoms. The van der Waals surface area contributed by atoms with Crippen LogP contribution in [0.15, 0.2) is 48.5 Å². The molecule has 0 spiro atoms. The van der Waals surface area contributed by atoms with Crippen molar-refractivity contribution in [2.24, 2.45) is 5.92 Å². The maximum atomic E-state index is 13.1. The van der Waals surface area contributed by atoms with Crippen LogP contribution in [-0.4, -0.2) is 46.5 Å². The summed E-state index contributed by atoms with van der Waals surface area (Å²) in [5.74, 6) is 0.609. The number of aromatic hydroxyl groups is 1. The molecule has 0 aromatic heterocycles. The van der Waals surface area contributed by atoms with E-state index < -0.39 is 0 Å². The van der Waals surface area contributed by atoms with Crippen LogP contribution >= 0.6 is 0 Å². The third kappa shape index (κ3) is 4.30. The standard InChI is InChI=1S/C22H25FN2O2/c23-19-7-4-16(5-8-19)12-24-13-18-6-9-20(15-24)25(14-18)22(27)11-17-2-1-3-21(26)10-17/h1-5,7-8,10,18,20,26H,6,9,11-15H2/t18-,20+/m0/s1. The van der Waals surface area contributed by atoms with Crippen molar-refractivity contribution in [3.05, 3.63) is 65.5 Å². The van der Waals surface area contributed by atoms with E-state index in [0.29, 0.717) is 12.3 Å². The molecule has 27 heavy (non-hydrogen) atoms. The van der Waals surface area contributed by atoms with Crippen molar-refractivity contribution in [1.29, 1.82) is 0 Å². The number of halogens is 1. The molecule has 142 valence electrons. The van der Waals surface area contributed by atoms with Crippen molar-refractivity contribution >= 4 is 5.91 Å². The SMILES string of the molecule is O=C(Cc1cccc(O)c1)N1C[C@H]2CC[C@@H]1CN(Cc1ccc(F)cc1)C2. The van der Waals surface area contributed by atoms with Gasteiger partial charge in [-0.15, -0.1) is 0 Å². The molecule has 2 bridgehead atoms. The van der Waals surface area contributed by atoms with Crippen LogP contribution in [-0.2, 0) is 17.8 Å². The minimum Gasteiger partial charge on any atom is -0.508 e. The van der Waals surface area contributed by atoms with E-state index in [-0.39, 0.29) is 23.5 Å². The lowest BCUT2D eigenvalue weighted by Gasteiger charge is -2.36. The average molecular weight is 368 g/mol. The van der Waals surface area contributed by atoms with Crippen molar-refractivity contribution in [2.45, 2.75) is 31.8 Å². The second-order valence-corrected chi connectivity index (χ2v) is 7.81. The molecule has 1 amide bonds. The van der Waals surface area contributed by atoms with E-state index in [4.69, 9.17) is 0 Å². The fourth-order valence-electron chi connectivity index (χ4n) is 4.40. The van der Waals surface area contributed by atoms with Crippen LogP contribution < -0.4 is 0 Å². The van der Waals surface area contributed by atoms with Crippen molar-refractivity contribution < 1.29 is 14.3 Å². The number of amides is 1.